The predicted octanol–water partition coefficient (Wildman–Crippen LogP) is 1.95. The van der Waals surface area contributed by atoms with Crippen LogP contribution in [0.1, 0.15) is 17.3 Å². The fraction of sp³-hybridized carbons (Fsp3) is 0.438. The second-order valence-corrected chi connectivity index (χ2v) is 5.53. The number of benzene rings is 1. The summed E-state index contributed by atoms with van der Waals surface area (Å²) in [5, 5.41) is 1.59. The summed E-state index contributed by atoms with van der Waals surface area (Å²) in [7, 11) is 0. The topological polar surface area (TPSA) is 32.8 Å². The quantitative estimate of drug-likeness (QED) is 0.788. The fourth-order valence-corrected chi connectivity index (χ4v) is 3.29. The highest BCUT2D eigenvalue weighted by Gasteiger charge is 2.49. The van der Waals surface area contributed by atoms with Gasteiger partial charge in [-0.1, -0.05) is 24.3 Å². The molecule has 0 saturated carbocycles. The molecule has 0 radical (unpaired) electrons. The molecule has 4 heteroatoms. The van der Waals surface area contributed by atoms with Crippen molar-refractivity contribution in [1.29, 1.82) is 0 Å². The Kier molecular flexibility index (Phi) is 3.59. The highest BCUT2D eigenvalue weighted by atomic mass is 16.7. The van der Waals surface area contributed by atoms with Crippen LogP contribution in [0.15, 0.2) is 43.0 Å². The molecule has 1 aromatic rings. The van der Waals surface area contributed by atoms with Crippen molar-refractivity contribution >= 4 is 5.91 Å². The van der Waals surface area contributed by atoms with Gasteiger partial charge >= 0.3 is 0 Å². The van der Waals surface area contributed by atoms with Crippen LogP contribution in [0.25, 0.3) is 0 Å². The van der Waals surface area contributed by atoms with Gasteiger partial charge in [0.2, 0.25) is 0 Å². The molecule has 1 amide bonds. The van der Waals surface area contributed by atoms with Crippen LogP contribution in [-0.2, 0) is 4.84 Å². The maximum Gasteiger partial charge on any atom is 0.277 e. The van der Waals surface area contributed by atoms with Gasteiger partial charge in [0, 0.05) is 30.6 Å². The Bertz CT molecular complexity index is 502. The van der Waals surface area contributed by atoms with Gasteiger partial charge in [0.05, 0.1) is 12.6 Å². The lowest BCUT2D eigenvalue weighted by atomic mass is 10.0. The number of carbonyl (C=O) groups excluding carboxylic acids is 1. The number of amides is 1. The first-order chi connectivity index (χ1) is 9.72. The van der Waals surface area contributed by atoms with Gasteiger partial charge in [0.15, 0.2) is 0 Å². The molecule has 0 spiro atoms. The summed E-state index contributed by atoms with van der Waals surface area (Å²) in [6.07, 6.45) is 1.92. The maximum absolute atomic E-state index is 12.6. The molecule has 2 aliphatic rings. The normalized spacial score (nSPS) is 29.4. The van der Waals surface area contributed by atoms with Crippen molar-refractivity contribution in [2.75, 3.05) is 19.7 Å². The van der Waals surface area contributed by atoms with E-state index >= 15 is 0 Å². The third kappa shape index (κ3) is 2.15. The number of rotatable bonds is 3. The lowest BCUT2D eigenvalue weighted by Gasteiger charge is -2.28. The minimum atomic E-state index is -0.0367. The number of likely N-dealkylation sites (tertiary alicyclic amines) is 1. The zero-order valence-corrected chi connectivity index (χ0v) is 11.7. The van der Waals surface area contributed by atoms with E-state index in [0.29, 0.717) is 24.1 Å². The third-order valence-corrected chi connectivity index (χ3v) is 4.31. The molecule has 4 nitrogen and oxygen atoms in total. The lowest BCUT2D eigenvalue weighted by Crippen LogP contribution is -2.44. The summed E-state index contributed by atoms with van der Waals surface area (Å²) in [6, 6.07) is 9.77. The molecule has 3 rings (SSSR count). The molecule has 0 unspecified atom stereocenters. The van der Waals surface area contributed by atoms with Crippen molar-refractivity contribution in [1.82, 2.24) is 9.96 Å². The first-order valence-corrected chi connectivity index (χ1v) is 7.09. The van der Waals surface area contributed by atoms with Crippen LogP contribution in [0.5, 0.6) is 0 Å². The summed E-state index contributed by atoms with van der Waals surface area (Å²) >= 11 is 0. The standard InChI is InChI=1S/C16H20N2O2/c1-3-9-17-10-14-11-20-18(15(14)12(17)2)16(19)13-7-5-4-6-8-13/h3-8,12,14-15H,1,9-11H2,2H3/t12-,14-,15-/m0/s1. The number of nitrogens with zero attached hydrogens (tertiary/aromatic N) is 2. The van der Waals surface area contributed by atoms with Crippen molar-refractivity contribution in [2.45, 2.75) is 19.0 Å². The summed E-state index contributed by atoms with van der Waals surface area (Å²) in [4.78, 5) is 20.6. The number of carbonyl (C=O) groups is 1. The zero-order chi connectivity index (χ0) is 14.1. The summed E-state index contributed by atoms with van der Waals surface area (Å²) in [6.45, 7) is 8.42. The zero-order valence-electron chi connectivity index (χ0n) is 11.7. The molecular weight excluding hydrogens is 252 g/mol. The molecule has 0 N–H and O–H groups in total. The average Bonchev–Trinajstić information content (AvgIpc) is 3.01. The Morgan fingerprint density at radius 2 is 2.20 bits per heavy atom. The molecule has 0 aromatic heterocycles. The number of hydroxylamine groups is 2. The smallest absolute Gasteiger partial charge is 0.277 e. The van der Waals surface area contributed by atoms with Gasteiger partial charge in [-0.2, -0.15) is 0 Å². The van der Waals surface area contributed by atoms with E-state index in [1.165, 1.54) is 0 Å². The Morgan fingerprint density at radius 3 is 2.90 bits per heavy atom. The largest absolute Gasteiger partial charge is 0.294 e. The van der Waals surface area contributed by atoms with Crippen molar-refractivity contribution < 1.29 is 9.63 Å². The summed E-state index contributed by atoms with van der Waals surface area (Å²) in [5.41, 5.74) is 0.683. The molecule has 2 aliphatic heterocycles. The van der Waals surface area contributed by atoms with Gasteiger partial charge < -0.3 is 0 Å². The van der Waals surface area contributed by atoms with E-state index in [0.717, 1.165) is 13.1 Å². The van der Waals surface area contributed by atoms with Crippen molar-refractivity contribution in [2.24, 2.45) is 5.92 Å². The van der Waals surface area contributed by atoms with Crippen LogP contribution < -0.4 is 0 Å². The van der Waals surface area contributed by atoms with Crippen LogP contribution in [0.4, 0.5) is 0 Å². The summed E-state index contributed by atoms with van der Waals surface area (Å²) < 4.78 is 0. The van der Waals surface area contributed by atoms with Gasteiger partial charge in [-0.25, -0.2) is 5.06 Å². The van der Waals surface area contributed by atoms with Crippen LogP contribution >= 0.6 is 0 Å². The van der Waals surface area contributed by atoms with E-state index in [-0.39, 0.29) is 11.9 Å². The molecule has 2 saturated heterocycles. The van der Waals surface area contributed by atoms with Crippen LogP contribution in [0.3, 0.4) is 0 Å². The minimum Gasteiger partial charge on any atom is -0.294 e. The molecule has 3 atom stereocenters. The molecule has 1 aromatic carbocycles. The number of fused-ring (bicyclic) bond motifs is 1. The first kappa shape index (κ1) is 13.3. The number of hydrogen-bond donors (Lipinski definition) is 0. The summed E-state index contributed by atoms with van der Waals surface area (Å²) in [5.74, 6) is 0.364. The molecule has 2 heterocycles. The molecule has 0 bridgehead atoms. The molecule has 0 aliphatic carbocycles. The number of hydrogen-bond acceptors (Lipinski definition) is 3. The predicted molar refractivity (Wildman–Crippen MR) is 77.1 cm³/mol. The maximum atomic E-state index is 12.6. The van der Waals surface area contributed by atoms with E-state index in [2.05, 4.69) is 18.4 Å². The van der Waals surface area contributed by atoms with Crippen LogP contribution in [0, 0.1) is 5.92 Å². The van der Waals surface area contributed by atoms with E-state index in [4.69, 9.17) is 4.84 Å². The molecule has 106 valence electrons. The molecule has 20 heavy (non-hydrogen) atoms. The average molecular weight is 272 g/mol. The van der Waals surface area contributed by atoms with Crippen LogP contribution in [-0.4, -0.2) is 47.7 Å². The highest BCUT2D eigenvalue weighted by molar-refractivity contribution is 5.93. The molecule has 2 fully saturated rings. The van der Waals surface area contributed by atoms with Gasteiger partial charge in [-0.05, 0) is 19.1 Å². The van der Waals surface area contributed by atoms with Crippen LogP contribution in [0.2, 0.25) is 0 Å². The Hall–Kier alpha value is -1.65. The fourth-order valence-electron chi connectivity index (χ4n) is 3.29. The van der Waals surface area contributed by atoms with E-state index in [1.807, 2.05) is 36.4 Å². The third-order valence-electron chi connectivity index (χ3n) is 4.31. The van der Waals surface area contributed by atoms with Crippen molar-refractivity contribution in [3.63, 3.8) is 0 Å². The van der Waals surface area contributed by atoms with E-state index in [1.54, 1.807) is 5.06 Å². The van der Waals surface area contributed by atoms with Crippen molar-refractivity contribution in [3.05, 3.63) is 48.6 Å². The second kappa shape index (κ2) is 5.38. The van der Waals surface area contributed by atoms with Gasteiger partial charge in [-0.3, -0.25) is 14.5 Å². The Balaban J connectivity index is 1.79. The monoisotopic (exact) mass is 272 g/mol. The van der Waals surface area contributed by atoms with E-state index < -0.39 is 0 Å². The van der Waals surface area contributed by atoms with Gasteiger partial charge in [0.1, 0.15) is 0 Å². The Morgan fingerprint density at radius 1 is 1.45 bits per heavy atom. The van der Waals surface area contributed by atoms with Gasteiger partial charge in [-0.15, -0.1) is 6.58 Å². The first-order valence-electron chi connectivity index (χ1n) is 7.09. The van der Waals surface area contributed by atoms with Crippen molar-refractivity contribution in [3.8, 4) is 0 Å². The Labute approximate surface area is 119 Å². The van der Waals surface area contributed by atoms with E-state index in [9.17, 15) is 4.79 Å². The molecular formula is C16H20N2O2. The minimum absolute atomic E-state index is 0.0367. The lowest BCUT2D eigenvalue weighted by molar-refractivity contribution is -0.106. The second-order valence-electron chi connectivity index (χ2n) is 5.53. The highest BCUT2D eigenvalue weighted by Crippen LogP contribution is 2.34. The van der Waals surface area contributed by atoms with Gasteiger partial charge in [0.25, 0.3) is 5.91 Å². The SMILES string of the molecule is C=CCN1C[C@H]2CON(C(=O)c3ccccc3)[C@H]2[C@@H]1C.